The molecule has 7 heteroatoms. The SMILES string of the molecule is CC(C)(C)C(=O)C1=C(O)C(=O)N(c2ccc(-c3ccon3)cc2)C1c1ccncc1. The van der Waals surface area contributed by atoms with Crippen LogP contribution in [-0.4, -0.2) is 26.9 Å². The van der Waals surface area contributed by atoms with Gasteiger partial charge in [0.15, 0.2) is 11.5 Å². The highest BCUT2D eigenvalue weighted by molar-refractivity contribution is 6.17. The third-order valence-electron chi connectivity index (χ3n) is 5.03. The van der Waals surface area contributed by atoms with Gasteiger partial charge in [-0.2, -0.15) is 0 Å². The molecule has 0 fully saturated rings. The molecule has 1 atom stereocenters. The summed E-state index contributed by atoms with van der Waals surface area (Å²) in [6.45, 7) is 5.29. The number of hydrogen-bond donors (Lipinski definition) is 1. The number of hydrogen-bond acceptors (Lipinski definition) is 6. The minimum atomic E-state index is -0.762. The molecule has 152 valence electrons. The van der Waals surface area contributed by atoms with Gasteiger partial charge in [-0.1, -0.05) is 38.1 Å². The van der Waals surface area contributed by atoms with E-state index in [1.807, 2.05) is 12.1 Å². The first kappa shape index (κ1) is 19.6. The monoisotopic (exact) mass is 403 g/mol. The Morgan fingerprint density at radius 3 is 2.30 bits per heavy atom. The lowest BCUT2D eigenvalue weighted by Gasteiger charge is -2.29. The van der Waals surface area contributed by atoms with Crippen molar-refractivity contribution in [2.75, 3.05) is 4.90 Å². The van der Waals surface area contributed by atoms with E-state index in [1.165, 1.54) is 11.2 Å². The minimum absolute atomic E-state index is 0.0966. The van der Waals surface area contributed by atoms with Gasteiger partial charge in [-0.15, -0.1) is 0 Å². The van der Waals surface area contributed by atoms with Gasteiger partial charge in [-0.3, -0.25) is 19.5 Å². The quantitative estimate of drug-likeness (QED) is 0.699. The molecule has 0 spiro atoms. The van der Waals surface area contributed by atoms with Gasteiger partial charge in [0.25, 0.3) is 5.91 Å². The first-order valence-corrected chi connectivity index (χ1v) is 9.51. The second kappa shape index (κ2) is 7.26. The van der Waals surface area contributed by atoms with E-state index in [9.17, 15) is 14.7 Å². The number of ketones is 1. The fourth-order valence-electron chi connectivity index (χ4n) is 3.52. The van der Waals surface area contributed by atoms with Crippen LogP contribution in [0.5, 0.6) is 0 Å². The summed E-state index contributed by atoms with van der Waals surface area (Å²) in [4.78, 5) is 31.7. The van der Waals surface area contributed by atoms with Crippen molar-refractivity contribution in [1.82, 2.24) is 10.1 Å². The summed E-state index contributed by atoms with van der Waals surface area (Å²) in [6, 6.07) is 11.6. The van der Waals surface area contributed by atoms with E-state index >= 15 is 0 Å². The molecule has 7 nitrogen and oxygen atoms in total. The second-order valence-electron chi connectivity index (χ2n) is 8.13. The molecule has 2 aromatic heterocycles. The Kier molecular flexibility index (Phi) is 4.73. The number of aromatic nitrogens is 2. The third kappa shape index (κ3) is 3.28. The number of rotatable bonds is 4. The van der Waals surface area contributed by atoms with Crippen LogP contribution in [0.3, 0.4) is 0 Å². The third-order valence-corrected chi connectivity index (χ3v) is 5.03. The number of aliphatic hydroxyl groups excluding tert-OH is 1. The zero-order valence-electron chi connectivity index (χ0n) is 16.9. The molecule has 0 bridgehead atoms. The maximum atomic E-state index is 13.2. The van der Waals surface area contributed by atoms with Crippen molar-refractivity contribution < 1.29 is 19.2 Å². The van der Waals surface area contributed by atoms with Crippen molar-refractivity contribution in [3.8, 4) is 11.3 Å². The van der Waals surface area contributed by atoms with Gasteiger partial charge in [-0.25, -0.2) is 0 Å². The summed E-state index contributed by atoms with van der Waals surface area (Å²) in [7, 11) is 0. The predicted octanol–water partition coefficient (Wildman–Crippen LogP) is 4.25. The maximum absolute atomic E-state index is 13.2. The van der Waals surface area contributed by atoms with Crippen LogP contribution in [0.15, 0.2) is 77.0 Å². The number of nitrogens with zero attached hydrogens (tertiary/aromatic N) is 3. The van der Waals surface area contributed by atoms with E-state index in [2.05, 4.69) is 10.1 Å². The van der Waals surface area contributed by atoms with Crippen molar-refractivity contribution in [2.24, 2.45) is 5.41 Å². The molecule has 3 heterocycles. The molecule has 0 saturated carbocycles. The number of aliphatic hydroxyl groups is 1. The number of pyridine rings is 1. The summed E-state index contributed by atoms with van der Waals surface area (Å²) in [5.74, 6) is -1.41. The first-order valence-electron chi connectivity index (χ1n) is 9.51. The van der Waals surface area contributed by atoms with Crippen LogP contribution in [-0.2, 0) is 9.59 Å². The summed E-state index contributed by atoms with van der Waals surface area (Å²) >= 11 is 0. The Morgan fingerprint density at radius 1 is 1.07 bits per heavy atom. The van der Waals surface area contributed by atoms with Gasteiger partial charge >= 0.3 is 0 Å². The standard InChI is InChI=1S/C23H21N3O4/c1-23(2,3)21(28)18-19(15-8-11-24-12-9-15)26(22(29)20(18)27)16-6-4-14(5-7-16)17-10-13-30-25-17/h4-13,19,27H,1-3H3. The molecule has 1 amide bonds. The van der Waals surface area contributed by atoms with Gasteiger partial charge in [0, 0.05) is 35.1 Å². The van der Waals surface area contributed by atoms with E-state index < -0.39 is 23.1 Å². The average Bonchev–Trinajstić information content (AvgIpc) is 3.35. The molecule has 0 saturated heterocycles. The summed E-state index contributed by atoms with van der Waals surface area (Å²) in [5, 5.41) is 14.6. The Labute approximate surface area is 173 Å². The molecule has 1 unspecified atom stereocenters. The van der Waals surface area contributed by atoms with E-state index in [1.54, 1.807) is 63.5 Å². The van der Waals surface area contributed by atoms with Crippen LogP contribution in [0.2, 0.25) is 0 Å². The summed E-state index contributed by atoms with van der Waals surface area (Å²) in [6.07, 6.45) is 4.68. The number of anilines is 1. The van der Waals surface area contributed by atoms with Crippen LogP contribution in [0.4, 0.5) is 5.69 Å². The smallest absolute Gasteiger partial charge is 0.294 e. The number of amides is 1. The second-order valence-corrected chi connectivity index (χ2v) is 8.13. The molecular weight excluding hydrogens is 382 g/mol. The molecular formula is C23H21N3O4. The zero-order chi connectivity index (χ0) is 21.5. The largest absolute Gasteiger partial charge is 0.503 e. The number of benzene rings is 1. The highest BCUT2D eigenvalue weighted by Gasteiger charge is 2.46. The fraction of sp³-hybridized carbons (Fsp3) is 0.217. The van der Waals surface area contributed by atoms with E-state index in [0.717, 1.165) is 5.56 Å². The van der Waals surface area contributed by atoms with Gasteiger partial charge in [0.05, 0.1) is 11.6 Å². The topological polar surface area (TPSA) is 96.5 Å². The number of Topliss-reactive ketones (excluding diaryl/α,β-unsaturated/α-hetero) is 1. The van der Waals surface area contributed by atoms with Crippen molar-refractivity contribution in [2.45, 2.75) is 26.8 Å². The lowest BCUT2D eigenvalue weighted by atomic mass is 9.82. The summed E-state index contributed by atoms with van der Waals surface area (Å²) in [5.41, 5.74) is 2.07. The van der Waals surface area contributed by atoms with E-state index in [-0.39, 0.29) is 11.4 Å². The van der Waals surface area contributed by atoms with Crippen molar-refractivity contribution in [1.29, 1.82) is 0 Å². The van der Waals surface area contributed by atoms with Gasteiger partial charge < -0.3 is 9.63 Å². The van der Waals surface area contributed by atoms with Crippen LogP contribution in [0, 0.1) is 5.41 Å². The summed E-state index contributed by atoms with van der Waals surface area (Å²) < 4.78 is 4.88. The number of carbonyl (C=O) groups is 2. The zero-order valence-corrected chi connectivity index (χ0v) is 16.9. The molecule has 3 aromatic rings. The van der Waals surface area contributed by atoms with Crippen molar-refractivity contribution in [3.63, 3.8) is 0 Å². The molecule has 1 aliphatic rings. The molecule has 1 N–H and O–H groups in total. The molecule has 4 rings (SSSR count). The van der Waals surface area contributed by atoms with Crippen LogP contribution in [0.1, 0.15) is 32.4 Å². The molecule has 0 radical (unpaired) electrons. The van der Waals surface area contributed by atoms with Crippen molar-refractivity contribution in [3.05, 3.63) is 78.0 Å². The van der Waals surface area contributed by atoms with Crippen molar-refractivity contribution >= 4 is 17.4 Å². The highest BCUT2D eigenvalue weighted by atomic mass is 16.5. The Hall–Kier alpha value is -3.74. The minimum Gasteiger partial charge on any atom is -0.503 e. The molecule has 0 aliphatic carbocycles. The van der Waals surface area contributed by atoms with E-state index in [0.29, 0.717) is 16.9 Å². The lowest BCUT2D eigenvalue weighted by molar-refractivity contribution is -0.123. The molecule has 1 aliphatic heterocycles. The predicted molar refractivity (Wildman–Crippen MR) is 111 cm³/mol. The van der Waals surface area contributed by atoms with Crippen LogP contribution >= 0.6 is 0 Å². The fourth-order valence-corrected chi connectivity index (χ4v) is 3.52. The Balaban J connectivity index is 1.81. The average molecular weight is 403 g/mol. The van der Waals surface area contributed by atoms with Gasteiger partial charge in [0.1, 0.15) is 12.0 Å². The maximum Gasteiger partial charge on any atom is 0.294 e. The van der Waals surface area contributed by atoms with E-state index in [4.69, 9.17) is 4.52 Å². The Bertz CT molecular complexity index is 1110. The number of carbonyl (C=O) groups excluding carboxylic acids is 2. The Morgan fingerprint density at radius 2 is 1.73 bits per heavy atom. The molecule has 30 heavy (non-hydrogen) atoms. The molecule has 1 aromatic carbocycles. The highest BCUT2D eigenvalue weighted by Crippen LogP contribution is 2.43. The van der Waals surface area contributed by atoms with Gasteiger partial charge in [0.2, 0.25) is 0 Å². The first-order chi connectivity index (χ1) is 14.3. The lowest BCUT2D eigenvalue weighted by Crippen LogP contribution is -2.32. The van der Waals surface area contributed by atoms with Crippen LogP contribution < -0.4 is 4.90 Å². The normalized spacial score (nSPS) is 17.0. The van der Waals surface area contributed by atoms with Crippen LogP contribution in [0.25, 0.3) is 11.3 Å². The van der Waals surface area contributed by atoms with Gasteiger partial charge in [-0.05, 0) is 29.8 Å².